The van der Waals surface area contributed by atoms with Crippen molar-refractivity contribution in [2.45, 2.75) is 110 Å². The molecule has 1 saturated heterocycles. The van der Waals surface area contributed by atoms with Crippen LogP contribution in [0, 0.1) is 5.92 Å². The van der Waals surface area contributed by atoms with Gasteiger partial charge in [0.15, 0.2) is 24.1 Å². The van der Waals surface area contributed by atoms with Crippen molar-refractivity contribution >= 4 is 29.1 Å². The monoisotopic (exact) mass is 622 g/mol. The summed E-state index contributed by atoms with van der Waals surface area (Å²) in [6.07, 6.45) is 2.97. The molecule has 12 nitrogen and oxygen atoms in total. The summed E-state index contributed by atoms with van der Waals surface area (Å²) >= 11 is 0. The van der Waals surface area contributed by atoms with Crippen LogP contribution >= 0.6 is 0 Å². The summed E-state index contributed by atoms with van der Waals surface area (Å²) in [6, 6.07) is 8.63. The van der Waals surface area contributed by atoms with Crippen LogP contribution in [-0.2, 0) is 56.5 Å². The maximum Gasteiger partial charge on any atom is 0.303 e. The van der Waals surface area contributed by atoms with Crippen LogP contribution < -0.4 is 0 Å². The molecule has 1 aliphatic heterocycles. The first-order chi connectivity index (χ1) is 21.4. The van der Waals surface area contributed by atoms with Gasteiger partial charge in [0.25, 0.3) is 0 Å². The van der Waals surface area contributed by atoms with E-state index in [1.807, 2.05) is 0 Å². The summed E-state index contributed by atoms with van der Waals surface area (Å²) in [5.74, 6) is -1.44. The Bertz CT molecular complexity index is 1520. The fourth-order valence-corrected chi connectivity index (χ4v) is 6.16. The number of carbonyl (C=O) groups is 3. The Morgan fingerprint density at radius 1 is 0.933 bits per heavy atom. The first-order valence-corrected chi connectivity index (χ1v) is 15.4. The fourth-order valence-electron chi connectivity index (χ4n) is 6.16. The molecule has 2 aromatic heterocycles. The van der Waals surface area contributed by atoms with Crippen molar-refractivity contribution in [3.8, 4) is 0 Å². The van der Waals surface area contributed by atoms with Gasteiger partial charge < -0.3 is 23.7 Å². The minimum absolute atomic E-state index is 0.0948. The van der Waals surface area contributed by atoms with Gasteiger partial charge in [-0.1, -0.05) is 51.5 Å². The summed E-state index contributed by atoms with van der Waals surface area (Å²) in [5, 5.41) is 0. The number of carbonyl (C=O) groups excluding carboxylic acids is 3. The minimum Gasteiger partial charge on any atom is -0.463 e. The van der Waals surface area contributed by atoms with Crippen LogP contribution in [0.1, 0.15) is 83.9 Å². The molecule has 1 aromatic carbocycles. The Morgan fingerprint density at radius 3 is 2.31 bits per heavy atom. The van der Waals surface area contributed by atoms with Gasteiger partial charge in [-0.15, -0.1) is 0 Å². The zero-order chi connectivity index (χ0) is 32.3. The van der Waals surface area contributed by atoms with Gasteiger partial charge >= 0.3 is 17.9 Å². The molecule has 12 heteroatoms. The molecule has 0 bridgehead atoms. The van der Waals surface area contributed by atoms with Gasteiger partial charge in [-0.3, -0.25) is 19.0 Å². The molecule has 1 aliphatic carbocycles. The van der Waals surface area contributed by atoms with E-state index in [9.17, 15) is 14.4 Å². The molecule has 1 saturated carbocycles. The quantitative estimate of drug-likeness (QED) is 0.235. The summed E-state index contributed by atoms with van der Waals surface area (Å²) in [4.78, 5) is 49.3. The lowest BCUT2D eigenvalue weighted by atomic mass is 9.87. The van der Waals surface area contributed by atoms with Crippen molar-refractivity contribution in [3.63, 3.8) is 0 Å². The molecule has 3 aromatic rings. The van der Waals surface area contributed by atoms with Crippen LogP contribution in [0.5, 0.6) is 0 Å². The second kappa shape index (κ2) is 13.6. The number of imidazole rings is 1. The molecule has 6 atom stereocenters. The first-order valence-electron chi connectivity index (χ1n) is 15.4. The smallest absolute Gasteiger partial charge is 0.303 e. The van der Waals surface area contributed by atoms with Crippen molar-refractivity contribution < 1.29 is 38.1 Å². The van der Waals surface area contributed by atoms with Crippen LogP contribution in [-0.4, -0.2) is 68.4 Å². The highest BCUT2D eigenvalue weighted by molar-refractivity contribution is 5.73. The predicted molar refractivity (Wildman–Crippen MR) is 162 cm³/mol. The van der Waals surface area contributed by atoms with Gasteiger partial charge in [0, 0.05) is 20.8 Å². The highest BCUT2D eigenvalue weighted by atomic mass is 16.7. The van der Waals surface area contributed by atoms with Gasteiger partial charge in [-0.2, -0.15) is 0 Å². The number of ether oxygens (including phenoxy) is 5. The van der Waals surface area contributed by atoms with Gasteiger partial charge in [0.05, 0.1) is 24.7 Å². The molecule has 45 heavy (non-hydrogen) atoms. The second-order valence-electron chi connectivity index (χ2n) is 12.9. The first kappa shape index (κ1) is 32.5. The van der Waals surface area contributed by atoms with Gasteiger partial charge in [0.1, 0.15) is 24.6 Å². The Morgan fingerprint density at radius 2 is 1.64 bits per heavy atom. The third-order valence-electron chi connectivity index (χ3n) is 8.38. The number of nitrogens with zero attached hydrogens (tertiary/aromatic N) is 4. The number of hydrogen-bond donors (Lipinski definition) is 0. The fraction of sp³-hybridized carbons (Fsp3) is 0.576. The molecule has 2 aliphatic rings. The Labute approximate surface area is 262 Å². The van der Waals surface area contributed by atoms with E-state index < -0.39 is 42.4 Å². The normalized spacial score (nSPS) is 24.9. The maximum absolute atomic E-state index is 12.1. The molecule has 3 heterocycles. The average molecular weight is 623 g/mol. The van der Waals surface area contributed by atoms with Crippen molar-refractivity contribution in [1.29, 1.82) is 0 Å². The largest absolute Gasteiger partial charge is 0.463 e. The lowest BCUT2D eigenvalue weighted by Crippen LogP contribution is -2.40. The van der Waals surface area contributed by atoms with Crippen LogP contribution in [0.4, 0.5) is 0 Å². The van der Waals surface area contributed by atoms with E-state index >= 15 is 0 Å². The second-order valence-corrected chi connectivity index (χ2v) is 12.9. The highest BCUT2D eigenvalue weighted by Gasteiger charge is 2.51. The summed E-state index contributed by atoms with van der Waals surface area (Å²) < 4.78 is 30.5. The van der Waals surface area contributed by atoms with Crippen molar-refractivity contribution in [3.05, 3.63) is 53.7 Å². The summed E-state index contributed by atoms with van der Waals surface area (Å²) in [6.45, 7) is 10.7. The lowest BCUT2D eigenvalue weighted by molar-refractivity contribution is -0.166. The van der Waals surface area contributed by atoms with E-state index in [-0.39, 0.29) is 24.0 Å². The molecule has 2 fully saturated rings. The Hall–Kier alpha value is -3.90. The van der Waals surface area contributed by atoms with Gasteiger partial charge in [-0.25, -0.2) is 15.0 Å². The molecule has 5 rings (SSSR count). The number of hydrogen-bond acceptors (Lipinski definition) is 11. The van der Waals surface area contributed by atoms with E-state index in [1.54, 1.807) is 10.9 Å². The number of aromatic nitrogens is 4. The Kier molecular flexibility index (Phi) is 9.83. The molecule has 0 amide bonds. The van der Waals surface area contributed by atoms with Crippen molar-refractivity contribution in [2.24, 2.45) is 5.92 Å². The van der Waals surface area contributed by atoms with E-state index in [0.29, 0.717) is 24.2 Å². The van der Waals surface area contributed by atoms with Crippen LogP contribution in [0.2, 0.25) is 0 Å². The van der Waals surface area contributed by atoms with Gasteiger partial charge in [-0.05, 0) is 41.7 Å². The number of esters is 3. The third-order valence-corrected chi connectivity index (χ3v) is 8.38. The third kappa shape index (κ3) is 7.67. The SMILES string of the molecule is CC(=O)OC[C@H]1O[C@@H](n2cnc3c(CC4CCC[C@H]4OCc4ccc(C(C)(C)C)cc4)ncnc32)[C@H](OC(C)=O)[C@@H]1OC(C)=O. The molecule has 0 spiro atoms. The average Bonchev–Trinajstić information content (AvgIpc) is 3.68. The molecular weight excluding hydrogens is 580 g/mol. The van der Waals surface area contributed by atoms with Crippen LogP contribution in [0.15, 0.2) is 36.9 Å². The van der Waals surface area contributed by atoms with Gasteiger partial charge in [0.2, 0.25) is 0 Å². The van der Waals surface area contributed by atoms with E-state index in [0.717, 1.165) is 30.5 Å². The van der Waals surface area contributed by atoms with E-state index in [2.05, 4.69) is 60.0 Å². The molecule has 242 valence electrons. The predicted octanol–water partition coefficient (Wildman–Crippen LogP) is 4.38. The summed E-state index contributed by atoms with van der Waals surface area (Å²) in [5.41, 5.74) is 4.40. The number of fused-ring (bicyclic) bond motifs is 1. The molecule has 0 N–H and O–H groups in total. The summed E-state index contributed by atoms with van der Waals surface area (Å²) in [7, 11) is 0. The van der Waals surface area contributed by atoms with Crippen LogP contribution in [0.3, 0.4) is 0 Å². The zero-order valence-electron chi connectivity index (χ0n) is 26.7. The molecular formula is C33H42N4O8. The van der Waals surface area contributed by atoms with E-state index in [1.165, 1.54) is 32.7 Å². The Balaban J connectivity index is 1.34. The number of benzene rings is 1. The van der Waals surface area contributed by atoms with Crippen molar-refractivity contribution in [2.75, 3.05) is 6.61 Å². The highest BCUT2D eigenvalue weighted by Crippen LogP contribution is 2.37. The topological polar surface area (TPSA) is 141 Å². The van der Waals surface area contributed by atoms with Crippen LogP contribution in [0.25, 0.3) is 11.2 Å². The van der Waals surface area contributed by atoms with E-state index in [4.69, 9.17) is 23.7 Å². The standard InChI is InChI=1S/C33H42N4O8/c1-19(38)41-16-27-29(43-20(2)39)30(44-21(3)40)32(45-27)37-18-36-28-25(34-17-35-31(28)37)14-23-8-7-9-26(23)42-15-22-10-12-24(13-11-22)33(4,5)6/h10-13,17-18,23,26-27,29-30,32H,7-9,14-16H2,1-6H3/t23?,26-,27-,29-,30-,32-/m1/s1. The molecule has 1 unspecified atom stereocenters. The zero-order valence-corrected chi connectivity index (χ0v) is 26.7. The number of rotatable bonds is 10. The van der Waals surface area contributed by atoms with Crippen molar-refractivity contribution in [1.82, 2.24) is 19.5 Å². The molecule has 0 radical (unpaired) electrons. The maximum atomic E-state index is 12.1. The minimum atomic E-state index is -1.03. The lowest BCUT2D eigenvalue weighted by Gasteiger charge is -2.23.